The molecular formula is C20H20N2O2. The van der Waals surface area contributed by atoms with Crippen LogP contribution in [0.1, 0.15) is 47.6 Å². The highest BCUT2D eigenvalue weighted by molar-refractivity contribution is 6.02. The maximum atomic E-state index is 12.5. The van der Waals surface area contributed by atoms with E-state index in [1.165, 1.54) is 0 Å². The Morgan fingerprint density at radius 2 is 1.83 bits per heavy atom. The second-order valence-electron chi connectivity index (χ2n) is 6.14. The fourth-order valence-corrected chi connectivity index (χ4v) is 3.31. The minimum atomic E-state index is -0.275. The summed E-state index contributed by atoms with van der Waals surface area (Å²) in [6.07, 6.45) is 2.76. The quantitative estimate of drug-likeness (QED) is 0.737. The average Bonchev–Trinajstić information content (AvgIpc) is 2.98. The summed E-state index contributed by atoms with van der Waals surface area (Å²) in [5, 5.41) is 7.58. The van der Waals surface area contributed by atoms with Crippen LogP contribution in [0.15, 0.2) is 52.9 Å². The van der Waals surface area contributed by atoms with E-state index in [0.717, 1.165) is 47.2 Å². The van der Waals surface area contributed by atoms with Crippen molar-refractivity contribution in [3.63, 3.8) is 0 Å². The first-order valence-corrected chi connectivity index (χ1v) is 8.44. The molecule has 4 rings (SSSR count). The molecule has 1 amide bonds. The lowest BCUT2D eigenvalue weighted by Gasteiger charge is -2.28. The third-order valence-electron chi connectivity index (χ3n) is 4.50. The van der Waals surface area contributed by atoms with E-state index in [2.05, 4.69) is 23.6 Å². The summed E-state index contributed by atoms with van der Waals surface area (Å²) in [6, 6.07) is 15.6. The van der Waals surface area contributed by atoms with E-state index in [1.807, 2.05) is 42.5 Å². The Labute approximate surface area is 140 Å². The van der Waals surface area contributed by atoms with Crippen molar-refractivity contribution in [3.8, 4) is 0 Å². The lowest BCUT2D eigenvalue weighted by atomic mass is 10.0. The number of benzene rings is 2. The van der Waals surface area contributed by atoms with E-state index < -0.39 is 0 Å². The van der Waals surface area contributed by atoms with Crippen molar-refractivity contribution in [2.75, 3.05) is 5.32 Å². The number of fused-ring (bicyclic) bond motifs is 2. The number of rotatable bonds is 4. The van der Waals surface area contributed by atoms with E-state index >= 15 is 0 Å². The first-order chi connectivity index (χ1) is 11.8. The standard InChI is InChI=1S/C20H20N2O2/c1-2-3-11-17-18(14-9-5-7-12-16(14)24-17)19-21-15-10-6-4-8-13(15)20(23)22-19/h4-10,12,19,21H,2-3,11H2,1H3,(H,22,23)/t19-/m0/s1. The average molecular weight is 320 g/mol. The molecule has 0 saturated heterocycles. The van der Waals surface area contributed by atoms with Crippen molar-refractivity contribution in [1.29, 1.82) is 0 Å². The normalized spacial score (nSPS) is 16.5. The predicted molar refractivity (Wildman–Crippen MR) is 95.1 cm³/mol. The molecule has 1 aromatic heterocycles. The summed E-state index contributed by atoms with van der Waals surface area (Å²) in [4.78, 5) is 12.5. The molecule has 2 N–H and O–H groups in total. The topological polar surface area (TPSA) is 54.3 Å². The SMILES string of the molecule is CCCCc1oc2ccccc2c1[C@@H]1NC(=O)c2ccccc2N1. The predicted octanol–water partition coefficient (Wildman–Crippen LogP) is 4.63. The molecule has 0 spiro atoms. The number of furan rings is 1. The molecule has 1 aliphatic heterocycles. The fourth-order valence-electron chi connectivity index (χ4n) is 3.31. The van der Waals surface area contributed by atoms with Crippen molar-refractivity contribution in [2.24, 2.45) is 0 Å². The largest absolute Gasteiger partial charge is 0.461 e. The van der Waals surface area contributed by atoms with Gasteiger partial charge in [0.1, 0.15) is 17.5 Å². The first kappa shape index (κ1) is 14.8. The van der Waals surface area contributed by atoms with Crippen LogP contribution in [0, 0.1) is 0 Å². The first-order valence-electron chi connectivity index (χ1n) is 8.44. The van der Waals surface area contributed by atoms with E-state index in [4.69, 9.17) is 4.42 Å². The van der Waals surface area contributed by atoms with Crippen LogP contribution in [0.2, 0.25) is 0 Å². The number of unbranched alkanes of at least 4 members (excludes halogenated alkanes) is 1. The molecule has 3 aromatic rings. The molecule has 2 heterocycles. The molecule has 4 nitrogen and oxygen atoms in total. The van der Waals surface area contributed by atoms with Gasteiger partial charge in [-0.1, -0.05) is 43.7 Å². The van der Waals surface area contributed by atoms with Crippen LogP contribution in [0.3, 0.4) is 0 Å². The summed E-state index contributed by atoms with van der Waals surface area (Å²) in [6.45, 7) is 2.17. The van der Waals surface area contributed by atoms with Gasteiger partial charge >= 0.3 is 0 Å². The molecule has 122 valence electrons. The van der Waals surface area contributed by atoms with Crippen molar-refractivity contribution < 1.29 is 9.21 Å². The Balaban J connectivity index is 1.80. The molecule has 0 bridgehead atoms. The monoisotopic (exact) mass is 320 g/mol. The Morgan fingerprint density at radius 1 is 1.04 bits per heavy atom. The Hall–Kier alpha value is -2.75. The smallest absolute Gasteiger partial charge is 0.255 e. The number of hydrogen-bond acceptors (Lipinski definition) is 3. The van der Waals surface area contributed by atoms with E-state index in [0.29, 0.717) is 5.56 Å². The number of nitrogens with one attached hydrogen (secondary N) is 2. The lowest BCUT2D eigenvalue weighted by molar-refractivity contribution is 0.0935. The molecule has 4 heteroatoms. The van der Waals surface area contributed by atoms with Gasteiger partial charge < -0.3 is 15.1 Å². The zero-order valence-electron chi connectivity index (χ0n) is 13.6. The fraction of sp³-hybridized carbons (Fsp3) is 0.250. The zero-order valence-corrected chi connectivity index (χ0v) is 13.6. The summed E-state index contributed by atoms with van der Waals surface area (Å²) in [5.74, 6) is 0.899. The van der Waals surface area contributed by atoms with Crippen LogP contribution in [0.4, 0.5) is 5.69 Å². The zero-order chi connectivity index (χ0) is 16.5. The van der Waals surface area contributed by atoms with E-state index in [-0.39, 0.29) is 12.1 Å². The summed E-state index contributed by atoms with van der Waals surface area (Å²) in [7, 11) is 0. The van der Waals surface area contributed by atoms with Crippen molar-refractivity contribution in [1.82, 2.24) is 5.32 Å². The van der Waals surface area contributed by atoms with Crippen molar-refractivity contribution in [2.45, 2.75) is 32.4 Å². The minimum absolute atomic E-state index is 0.0546. The third kappa shape index (κ3) is 2.44. The third-order valence-corrected chi connectivity index (χ3v) is 4.50. The highest BCUT2D eigenvalue weighted by Crippen LogP contribution is 2.35. The maximum Gasteiger partial charge on any atom is 0.255 e. The molecule has 24 heavy (non-hydrogen) atoms. The Morgan fingerprint density at radius 3 is 2.71 bits per heavy atom. The van der Waals surface area contributed by atoms with Gasteiger partial charge in [0.05, 0.1) is 5.56 Å². The number of para-hydroxylation sites is 2. The molecule has 0 saturated carbocycles. The molecule has 2 aromatic carbocycles. The van der Waals surface area contributed by atoms with Crippen LogP contribution >= 0.6 is 0 Å². The number of amides is 1. The summed E-state index contributed by atoms with van der Waals surface area (Å²) in [5.41, 5.74) is 3.45. The Bertz CT molecular complexity index is 898. The van der Waals surface area contributed by atoms with Gasteiger partial charge in [0.25, 0.3) is 5.91 Å². The molecule has 0 radical (unpaired) electrons. The van der Waals surface area contributed by atoms with Gasteiger partial charge in [-0.2, -0.15) is 0 Å². The van der Waals surface area contributed by atoms with Crippen LogP contribution < -0.4 is 10.6 Å². The minimum Gasteiger partial charge on any atom is -0.461 e. The van der Waals surface area contributed by atoms with Crippen LogP contribution in [0.5, 0.6) is 0 Å². The summed E-state index contributed by atoms with van der Waals surface area (Å²) < 4.78 is 6.09. The highest BCUT2D eigenvalue weighted by Gasteiger charge is 2.29. The molecule has 1 aliphatic rings. The van der Waals surface area contributed by atoms with E-state index in [9.17, 15) is 4.79 Å². The van der Waals surface area contributed by atoms with Gasteiger partial charge in [-0.25, -0.2) is 0 Å². The number of carbonyl (C=O) groups is 1. The van der Waals surface area contributed by atoms with Crippen molar-refractivity contribution >= 4 is 22.6 Å². The number of anilines is 1. The van der Waals surface area contributed by atoms with Crippen LogP contribution in [0.25, 0.3) is 11.0 Å². The van der Waals surface area contributed by atoms with Gasteiger partial charge in [0, 0.05) is 23.1 Å². The van der Waals surface area contributed by atoms with Gasteiger partial charge in [-0.3, -0.25) is 4.79 Å². The molecular weight excluding hydrogens is 300 g/mol. The lowest BCUT2D eigenvalue weighted by Crippen LogP contribution is -2.38. The second-order valence-corrected chi connectivity index (χ2v) is 6.14. The Kier molecular flexibility index (Phi) is 3.73. The number of aryl methyl sites for hydroxylation is 1. The number of carbonyl (C=O) groups excluding carboxylic acids is 1. The van der Waals surface area contributed by atoms with Crippen molar-refractivity contribution in [3.05, 3.63) is 65.4 Å². The molecule has 0 unspecified atom stereocenters. The van der Waals surface area contributed by atoms with Crippen LogP contribution in [-0.2, 0) is 6.42 Å². The molecule has 0 fully saturated rings. The highest BCUT2D eigenvalue weighted by atomic mass is 16.3. The van der Waals surface area contributed by atoms with Gasteiger partial charge in [-0.05, 0) is 24.6 Å². The molecule has 1 atom stereocenters. The maximum absolute atomic E-state index is 12.5. The molecule has 0 aliphatic carbocycles. The van der Waals surface area contributed by atoms with Gasteiger partial charge in [0.2, 0.25) is 0 Å². The van der Waals surface area contributed by atoms with E-state index in [1.54, 1.807) is 0 Å². The van der Waals surface area contributed by atoms with Gasteiger partial charge in [-0.15, -0.1) is 0 Å². The summed E-state index contributed by atoms with van der Waals surface area (Å²) >= 11 is 0. The number of hydrogen-bond donors (Lipinski definition) is 2. The second kappa shape index (κ2) is 6.04. The van der Waals surface area contributed by atoms with Crippen LogP contribution in [-0.4, -0.2) is 5.91 Å². The van der Waals surface area contributed by atoms with Gasteiger partial charge in [0.15, 0.2) is 0 Å².